The first-order valence-corrected chi connectivity index (χ1v) is 9.82. The van der Waals surface area contributed by atoms with Crippen LogP contribution in [0.15, 0.2) is 39.7 Å². The van der Waals surface area contributed by atoms with Gasteiger partial charge in [-0.1, -0.05) is 0 Å². The summed E-state index contributed by atoms with van der Waals surface area (Å²) >= 11 is 3.15. The van der Waals surface area contributed by atoms with E-state index in [1.54, 1.807) is 0 Å². The summed E-state index contributed by atoms with van der Waals surface area (Å²) in [6.45, 7) is 0. The van der Waals surface area contributed by atoms with Gasteiger partial charge < -0.3 is 19.3 Å². The Morgan fingerprint density at radius 1 is 1.04 bits per heavy atom. The molecule has 0 aromatic heterocycles. The number of sulfonamides is 1. The molecular weight excluding hydrogens is 458 g/mol. The highest BCUT2D eigenvalue weighted by Crippen LogP contribution is 2.35. The quantitative estimate of drug-likeness (QED) is 0.587. The zero-order valence-corrected chi connectivity index (χ0v) is 17.4. The van der Waals surface area contributed by atoms with Gasteiger partial charge in [-0.15, -0.1) is 0 Å². The maximum absolute atomic E-state index is 12.8. The van der Waals surface area contributed by atoms with Crippen LogP contribution in [0, 0.1) is 0 Å². The molecule has 0 atom stereocenters. The van der Waals surface area contributed by atoms with Crippen molar-refractivity contribution in [1.82, 2.24) is 0 Å². The Morgan fingerprint density at radius 3 is 2.25 bits per heavy atom. The van der Waals surface area contributed by atoms with Crippen LogP contribution >= 0.6 is 15.9 Å². The topological polar surface area (TPSA) is 128 Å². The summed E-state index contributed by atoms with van der Waals surface area (Å²) in [5, 5.41) is 9.44. The van der Waals surface area contributed by atoms with Crippen molar-refractivity contribution in [1.29, 1.82) is 0 Å². The number of carboxylic acid groups (broad SMARTS) is 1. The zero-order valence-electron chi connectivity index (χ0n) is 15.0. The monoisotopic (exact) mass is 473 g/mol. The van der Waals surface area contributed by atoms with Crippen LogP contribution in [0.1, 0.15) is 20.7 Å². The smallest absolute Gasteiger partial charge is 0.339 e. The fraction of sp³-hybridized carbons (Fsp3) is 0.176. The van der Waals surface area contributed by atoms with E-state index >= 15 is 0 Å². The molecule has 9 nitrogen and oxygen atoms in total. The summed E-state index contributed by atoms with van der Waals surface area (Å²) in [6.07, 6.45) is 0. The summed E-state index contributed by atoms with van der Waals surface area (Å²) in [4.78, 5) is 23.1. The van der Waals surface area contributed by atoms with E-state index in [1.807, 2.05) is 0 Å². The highest BCUT2D eigenvalue weighted by molar-refractivity contribution is 9.10. The van der Waals surface area contributed by atoms with Crippen molar-refractivity contribution in [2.45, 2.75) is 4.90 Å². The number of ether oxygens (including phenoxy) is 3. The van der Waals surface area contributed by atoms with Gasteiger partial charge in [0.2, 0.25) is 0 Å². The zero-order chi connectivity index (χ0) is 21.1. The molecule has 0 spiro atoms. The Kier molecular flexibility index (Phi) is 6.52. The van der Waals surface area contributed by atoms with Crippen LogP contribution in [0.25, 0.3) is 0 Å². The van der Waals surface area contributed by atoms with E-state index in [2.05, 4.69) is 25.4 Å². The molecule has 28 heavy (non-hydrogen) atoms. The number of nitrogens with one attached hydrogen (secondary N) is 1. The Morgan fingerprint density at radius 2 is 1.71 bits per heavy atom. The normalized spacial score (nSPS) is 10.9. The number of carboxylic acids is 1. The maximum Gasteiger partial charge on any atom is 0.339 e. The molecule has 0 unspecified atom stereocenters. The Bertz CT molecular complexity index is 1040. The van der Waals surface area contributed by atoms with Crippen molar-refractivity contribution in [2.75, 3.05) is 26.1 Å². The molecule has 2 aromatic carbocycles. The summed E-state index contributed by atoms with van der Waals surface area (Å²) in [7, 11) is -0.512. The Labute approximate surface area is 169 Å². The average Bonchev–Trinajstić information content (AvgIpc) is 2.67. The van der Waals surface area contributed by atoms with Crippen molar-refractivity contribution in [3.8, 4) is 11.5 Å². The van der Waals surface area contributed by atoms with Gasteiger partial charge in [-0.3, -0.25) is 4.72 Å². The molecule has 2 aromatic rings. The van der Waals surface area contributed by atoms with Crippen molar-refractivity contribution in [3.63, 3.8) is 0 Å². The van der Waals surface area contributed by atoms with Gasteiger partial charge in [-0.25, -0.2) is 18.0 Å². The molecule has 2 rings (SSSR count). The minimum absolute atomic E-state index is 0.00877. The second kappa shape index (κ2) is 8.48. The molecule has 0 saturated carbocycles. The van der Waals surface area contributed by atoms with E-state index in [0.29, 0.717) is 4.47 Å². The van der Waals surface area contributed by atoms with Crippen LogP contribution < -0.4 is 14.2 Å². The average molecular weight is 474 g/mol. The molecule has 0 amide bonds. The lowest BCUT2D eigenvalue weighted by Gasteiger charge is -2.16. The van der Waals surface area contributed by atoms with E-state index in [1.165, 1.54) is 32.4 Å². The predicted octanol–water partition coefficient (Wildman–Crippen LogP) is 2.75. The summed E-state index contributed by atoms with van der Waals surface area (Å²) in [6, 6.07) is 6.21. The molecular formula is C17H16BrNO8S. The fourth-order valence-corrected chi connectivity index (χ4v) is 3.80. The largest absolute Gasteiger partial charge is 0.497 e. The van der Waals surface area contributed by atoms with Crippen molar-refractivity contribution in [3.05, 3.63) is 45.9 Å². The van der Waals surface area contributed by atoms with Crippen LogP contribution in [0.5, 0.6) is 11.5 Å². The number of aromatic carboxylic acids is 1. The third kappa shape index (κ3) is 4.37. The van der Waals surface area contributed by atoms with Crippen molar-refractivity contribution < 1.29 is 37.3 Å². The van der Waals surface area contributed by atoms with Crippen molar-refractivity contribution >= 4 is 43.6 Å². The number of esters is 1. The number of rotatable bonds is 7. The molecule has 0 aliphatic carbocycles. The molecule has 150 valence electrons. The lowest BCUT2D eigenvalue weighted by Crippen LogP contribution is -2.17. The van der Waals surface area contributed by atoms with Gasteiger partial charge in [-0.05, 0) is 40.2 Å². The first-order chi connectivity index (χ1) is 13.1. The Hall–Kier alpha value is -2.79. The second-order valence-electron chi connectivity index (χ2n) is 5.30. The number of carbonyl (C=O) groups excluding carboxylic acids is 1. The van der Waals surface area contributed by atoms with Gasteiger partial charge in [0.1, 0.15) is 17.2 Å². The number of benzene rings is 2. The molecule has 2 N–H and O–H groups in total. The molecule has 11 heteroatoms. The standard InChI is InChI=1S/C17H16BrNO8S/c1-25-9-6-12(16(20)21)15(14(7-9)26-2)19-28(23,24)10-4-5-13(18)11(8-10)17(22)27-3/h4-8,19H,1-3H3,(H,20,21). The van der Waals surface area contributed by atoms with Gasteiger partial charge in [0.15, 0.2) is 0 Å². The van der Waals surface area contributed by atoms with E-state index in [-0.39, 0.29) is 33.2 Å². The van der Waals surface area contributed by atoms with Crippen LogP contribution in [0.3, 0.4) is 0 Å². The summed E-state index contributed by atoms with van der Waals surface area (Å²) in [5.74, 6) is -2.00. The molecule has 0 radical (unpaired) electrons. The first kappa shape index (κ1) is 21.5. The van der Waals surface area contributed by atoms with Crippen LogP contribution in [-0.4, -0.2) is 46.8 Å². The molecule has 0 aliphatic heterocycles. The van der Waals surface area contributed by atoms with E-state index in [9.17, 15) is 23.1 Å². The second-order valence-corrected chi connectivity index (χ2v) is 7.83. The van der Waals surface area contributed by atoms with E-state index in [4.69, 9.17) is 9.47 Å². The molecule has 0 fully saturated rings. The number of carbonyl (C=O) groups is 2. The van der Waals surface area contributed by atoms with Crippen LogP contribution in [-0.2, 0) is 14.8 Å². The lowest BCUT2D eigenvalue weighted by molar-refractivity contribution is 0.0598. The highest BCUT2D eigenvalue weighted by Gasteiger charge is 2.25. The number of hydrogen-bond acceptors (Lipinski definition) is 7. The molecule has 0 saturated heterocycles. The van der Waals surface area contributed by atoms with Gasteiger partial charge in [0.25, 0.3) is 10.0 Å². The third-order valence-corrected chi connectivity index (χ3v) is 5.69. The number of anilines is 1. The minimum Gasteiger partial charge on any atom is -0.497 e. The fourth-order valence-electron chi connectivity index (χ4n) is 2.27. The predicted molar refractivity (Wildman–Crippen MR) is 103 cm³/mol. The summed E-state index contributed by atoms with van der Waals surface area (Å²) in [5.41, 5.74) is -0.658. The van der Waals surface area contributed by atoms with Gasteiger partial charge in [0, 0.05) is 10.5 Å². The molecule has 0 aliphatic rings. The first-order valence-electron chi connectivity index (χ1n) is 7.54. The van der Waals surface area contributed by atoms with Gasteiger partial charge in [-0.2, -0.15) is 0 Å². The maximum atomic E-state index is 12.8. The van der Waals surface area contributed by atoms with E-state index < -0.39 is 22.0 Å². The van der Waals surface area contributed by atoms with Gasteiger partial charge >= 0.3 is 11.9 Å². The van der Waals surface area contributed by atoms with E-state index in [0.717, 1.165) is 19.2 Å². The van der Waals surface area contributed by atoms with Crippen molar-refractivity contribution in [2.24, 2.45) is 0 Å². The molecule has 0 heterocycles. The highest BCUT2D eigenvalue weighted by atomic mass is 79.9. The number of hydrogen-bond donors (Lipinski definition) is 2. The number of methoxy groups -OCH3 is 3. The summed E-state index contributed by atoms with van der Waals surface area (Å²) < 4.78 is 42.9. The third-order valence-electron chi connectivity index (χ3n) is 3.65. The SMILES string of the molecule is COC(=O)c1cc(S(=O)(=O)Nc2c(OC)cc(OC)cc2C(=O)O)ccc1Br. The van der Waals surface area contributed by atoms with Crippen LogP contribution in [0.2, 0.25) is 0 Å². The number of halogens is 1. The lowest BCUT2D eigenvalue weighted by atomic mass is 10.1. The Balaban J connectivity index is 2.59. The van der Waals surface area contributed by atoms with Crippen LogP contribution in [0.4, 0.5) is 5.69 Å². The molecule has 0 bridgehead atoms. The van der Waals surface area contributed by atoms with Gasteiger partial charge in [0.05, 0.1) is 37.4 Å². The minimum atomic E-state index is -4.27.